The molecule has 2 rings (SSSR count). The average molecular weight is 283 g/mol. The van der Waals surface area contributed by atoms with Gasteiger partial charge in [0.1, 0.15) is 0 Å². The van der Waals surface area contributed by atoms with Gasteiger partial charge in [0.25, 0.3) is 0 Å². The van der Waals surface area contributed by atoms with Crippen molar-refractivity contribution in [1.29, 1.82) is 0 Å². The summed E-state index contributed by atoms with van der Waals surface area (Å²) < 4.78 is 0. The molecule has 0 saturated carbocycles. The Labute approximate surface area is 118 Å². The lowest BCUT2D eigenvalue weighted by Crippen LogP contribution is -2.30. The molecule has 0 unspecified atom stereocenters. The molecule has 0 amide bonds. The molecule has 0 saturated heterocycles. The highest BCUT2D eigenvalue weighted by Crippen LogP contribution is 2.28. The monoisotopic (exact) mass is 283 g/mol. The van der Waals surface area contributed by atoms with E-state index in [1.54, 1.807) is 18.2 Å². The molecule has 0 aliphatic heterocycles. The van der Waals surface area contributed by atoms with Gasteiger partial charge in [0.2, 0.25) is 0 Å². The number of aromatic carboxylic acids is 3. The summed E-state index contributed by atoms with van der Waals surface area (Å²) in [5.41, 5.74) is -1.56. The average Bonchev–Trinajstić information content (AvgIpc) is 2.46. The summed E-state index contributed by atoms with van der Waals surface area (Å²) in [6.07, 6.45) is 0. The van der Waals surface area contributed by atoms with Crippen molar-refractivity contribution in [3.05, 3.63) is 59.2 Å². The van der Waals surface area contributed by atoms with E-state index in [4.69, 9.17) is 0 Å². The summed E-state index contributed by atoms with van der Waals surface area (Å²) in [7, 11) is 0. The second-order valence-corrected chi connectivity index (χ2v) is 4.17. The molecule has 2 aromatic carbocycles. The van der Waals surface area contributed by atoms with Crippen LogP contribution in [0.5, 0.6) is 0 Å². The highest BCUT2D eigenvalue weighted by atomic mass is 16.4. The Morgan fingerprint density at radius 1 is 0.714 bits per heavy atom. The minimum absolute atomic E-state index is 0.166. The van der Waals surface area contributed by atoms with E-state index < -0.39 is 34.6 Å². The van der Waals surface area contributed by atoms with Crippen LogP contribution in [0.15, 0.2) is 42.5 Å². The minimum Gasteiger partial charge on any atom is -0.545 e. The predicted molar refractivity (Wildman–Crippen MR) is 64.9 cm³/mol. The van der Waals surface area contributed by atoms with Crippen molar-refractivity contribution in [3.63, 3.8) is 0 Å². The Morgan fingerprint density at radius 2 is 1.19 bits per heavy atom. The molecule has 21 heavy (non-hydrogen) atoms. The number of hydrogen-bond donors (Lipinski definition) is 0. The second kappa shape index (κ2) is 5.46. The Bertz CT molecular complexity index is 698. The summed E-state index contributed by atoms with van der Waals surface area (Å²) in [5, 5.41) is 33.3. The third-order valence-electron chi connectivity index (χ3n) is 2.88. The molecule has 0 radical (unpaired) electrons. The first-order chi connectivity index (χ1) is 9.91. The van der Waals surface area contributed by atoms with Crippen molar-refractivity contribution in [2.45, 2.75) is 0 Å². The zero-order valence-electron chi connectivity index (χ0n) is 10.5. The first-order valence-electron chi connectivity index (χ1n) is 5.79. The van der Waals surface area contributed by atoms with Crippen LogP contribution in [-0.4, -0.2) is 17.9 Å². The molecule has 0 fully saturated rings. The van der Waals surface area contributed by atoms with Gasteiger partial charge in [0.05, 0.1) is 17.9 Å². The van der Waals surface area contributed by atoms with E-state index >= 15 is 0 Å². The summed E-state index contributed by atoms with van der Waals surface area (Å²) >= 11 is 0. The SMILES string of the molecule is O=C([O-])c1cc(C(=O)[O-])c(-c2ccccc2)c(C(=O)[O-])c1. The van der Waals surface area contributed by atoms with Crippen molar-refractivity contribution in [3.8, 4) is 11.1 Å². The fourth-order valence-corrected chi connectivity index (χ4v) is 2.00. The molecule has 0 aliphatic carbocycles. The lowest BCUT2D eigenvalue weighted by atomic mass is 9.92. The minimum atomic E-state index is -1.69. The molecular formula is C15H7O6-3. The van der Waals surface area contributed by atoms with E-state index in [-0.39, 0.29) is 5.56 Å². The van der Waals surface area contributed by atoms with Gasteiger partial charge >= 0.3 is 0 Å². The summed E-state index contributed by atoms with van der Waals surface area (Å²) in [6.45, 7) is 0. The van der Waals surface area contributed by atoms with Crippen molar-refractivity contribution >= 4 is 17.9 Å². The van der Waals surface area contributed by atoms with Gasteiger partial charge in [-0.3, -0.25) is 0 Å². The maximum absolute atomic E-state index is 11.2. The number of carboxylic acids is 3. The quantitative estimate of drug-likeness (QED) is 0.669. The van der Waals surface area contributed by atoms with Gasteiger partial charge in [-0.05, 0) is 28.8 Å². The maximum atomic E-state index is 11.2. The lowest BCUT2D eigenvalue weighted by Gasteiger charge is -2.19. The molecule has 6 heteroatoms. The van der Waals surface area contributed by atoms with Gasteiger partial charge < -0.3 is 29.7 Å². The molecule has 0 bridgehead atoms. The van der Waals surface area contributed by atoms with Crippen LogP contribution in [-0.2, 0) is 0 Å². The number of carbonyl (C=O) groups excluding carboxylic acids is 3. The van der Waals surface area contributed by atoms with E-state index in [0.29, 0.717) is 5.56 Å². The number of rotatable bonds is 4. The fourth-order valence-electron chi connectivity index (χ4n) is 2.00. The Hall–Kier alpha value is -3.15. The van der Waals surface area contributed by atoms with Gasteiger partial charge in [-0.25, -0.2) is 0 Å². The third kappa shape index (κ3) is 2.74. The molecule has 2 aromatic rings. The van der Waals surface area contributed by atoms with Crippen LogP contribution in [0.4, 0.5) is 0 Å². The van der Waals surface area contributed by atoms with Crippen molar-refractivity contribution < 1.29 is 29.7 Å². The van der Waals surface area contributed by atoms with Crippen molar-refractivity contribution in [2.75, 3.05) is 0 Å². The molecule has 0 heterocycles. The van der Waals surface area contributed by atoms with E-state index in [0.717, 1.165) is 12.1 Å². The highest BCUT2D eigenvalue weighted by Gasteiger charge is 2.15. The molecule has 0 aliphatic rings. The van der Waals surface area contributed by atoms with Crippen LogP contribution in [0, 0.1) is 0 Å². The van der Waals surface area contributed by atoms with Crippen molar-refractivity contribution in [2.24, 2.45) is 0 Å². The standard InChI is InChI=1S/C15H10O6/c16-13(17)9-6-10(14(18)19)12(11(7-9)15(20)21)8-4-2-1-3-5-8/h1-7H,(H,16,17)(H,18,19)(H,20,21)/p-3. The number of carboxylic acid groups (broad SMARTS) is 3. The molecule has 0 atom stereocenters. The van der Waals surface area contributed by atoms with E-state index in [9.17, 15) is 29.7 Å². The normalized spacial score (nSPS) is 10.1. The van der Waals surface area contributed by atoms with Crippen LogP contribution >= 0.6 is 0 Å². The lowest BCUT2D eigenvalue weighted by molar-refractivity contribution is -0.255. The van der Waals surface area contributed by atoms with Gasteiger partial charge in [-0.1, -0.05) is 30.3 Å². The molecule has 6 nitrogen and oxygen atoms in total. The first kappa shape index (κ1) is 14.3. The number of benzene rings is 2. The first-order valence-corrected chi connectivity index (χ1v) is 5.79. The van der Waals surface area contributed by atoms with Gasteiger partial charge in [0, 0.05) is 11.1 Å². The maximum Gasteiger partial charge on any atom is 0.0722 e. The van der Waals surface area contributed by atoms with E-state index in [2.05, 4.69) is 0 Å². The van der Waals surface area contributed by atoms with Crippen LogP contribution in [0.25, 0.3) is 11.1 Å². The van der Waals surface area contributed by atoms with E-state index in [1.165, 1.54) is 12.1 Å². The van der Waals surface area contributed by atoms with Crippen LogP contribution < -0.4 is 15.3 Å². The number of hydrogen-bond acceptors (Lipinski definition) is 6. The fraction of sp³-hybridized carbons (Fsp3) is 0. The summed E-state index contributed by atoms with van der Waals surface area (Å²) in [4.78, 5) is 33.3. The Morgan fingerprint density at radius 3 is 1.57 bits per heavy atom. The van der Waals surface area contributed by atoms with Gasteiger partial charge in [-0.2, -0.15) is 0 Å². The zero-order valence-corrected chi connectivity index (χ0v) is 10.5. The van der Waals surface area contributed by atoms with Crippen molar-refractivity contribution in [1.82, 2.24) is 0 Å². The second-order valence-electron chi connectivity index (χ2n) is 4.17. The summed E-state index contributed by atoms with van der Waals surface area (Å²) in [6, 6.07) is 9.43. The largest absolute Gasteiger partial charge is 0.545 e. The Kier molecular flexibility index (Phi) is 3.71. The van der Waals surface area contributed by atoms with Gasteiger partial charge in [-0.15, -0.1) is 0 Å². The number of carbonyl (C=O) groups is 3. The van der Waals surface area contributed by atoms with E-state index in [1.807, 2.05) is 0 Å². The molecule has 0 aromatic heterocycles. The molecular weight excluding hydrogens is 276 g/mol. The molecule has 0 N–H and O–H groups in total. The summed E-state index contributed by atoms with van der Waals surface area (Å²) in [5.74, 6) is -5.08. The van der Waals surface area contributed by atoms with Crippen LogP contribution in [0.3, 0.4) is 0 Å². The predicted octanol–water partition coefficient (Wildman–Crippen LogP) is -1.56. The molecule has 0 spiro atoms. The smallest absolute Gasteiger partial charge is 0.0722 e. The van der Waals surface area contributed by atoms with Gasteiger partial charge in [0.15, 0.2) is 0 Å². The highest BCUT2D eigenvalue weighted by molar-refractivity contribution is 6.06. The van der Waals surface area contributed by atoms with Crippen LogP contribution in [0.1, 0.15) is 31.1 Å². The Balaban J connectivity index is 2.86. The topological polar surface area (TPSA) is 120 Å². The molecule has 106 valence electrons. The third-order valence-corrected chi connectivity index (χ3v) is 2.88. The zero-order chi connectivity index (χ0) is 15.6. The van der Waals surface area contributed by atoms with Crippen LogP contribution in [0.2, 0.25) is 0 Å².